The molecule has 2 atom stereocenters. The van der Waals surface area contributed by atoms with Crippen LogP contribution >= 0.6 is 27.7 Å². The monoisotopic (exact) mass is 359 g/mol. The molecule has 1 N–H and O–H groups in total. The lowest BCUT2D eigenvalue weighted by Crippen LogP contribution is -2.39. The molecule has 2 rings (SSSR count). The molecule has 0 radical (unpaired) electrons. The normalized spacial score (nSPS) is 24.2. The maximum atomic E-state index is 4.56. The Morgan fingerprint density at radius 1 is 1.50 bits per heavy atom. The molecule has 1 aliphatic heterocycles. The number of hydrogen-bond acceptors (Lipinski definition) is 3. The van der Waals surface area contributed by atoms with Crippen LogP contribution < -0.4 is 5.32 Å². The molecule has 0 amide bonds. The SMILES string of the molecule is CCCNC(c1c(Br)cnn1CCC)C1(C)CCCS1. The van der Waals surface area contributed by atoms with E-state index in [1.54, 1.807) is 0 Å². The molecule has 5 heteroatoms. The van der Waals surface area contributed by atoms with Gasteiger partial charge in [-0.3, -0.25) is 4.68 Å². The van der Waals surface area contributed by atoms with E-state index in [0.29, 0.717) is 6.04 Å². The first kappa shape index (κ1) is 16.4. The second-order valence-electron chi connectivity index (χ2n) is 5.75. The third kappa shape index (κ3) is 3.42. The fourth-order valence-electron chi connectivity index (χ4n) is 2.97. The Labute approximate surface area is 135 Å². The van der Waals surface area contributed by atoms with Crippen molar-refractivity contribution in [2.75, 3.05) is 12.3 Å². The van der Waals surface area contributed by atoms with Gasteiger partial charge in [0.15, 0.2) is 0 Å². The molecule has 1 fully saturated rings. The summed E-state index contributed by atoms with van der Waals surface area (Å²) in [6.07, 6.45) is 6.84. The Kier molecular flexibility index (Phi) is 5.99. The van der Waals surface area contributed by atoms with E-state index in [1.807, 2.05) is 6.20 Å². The molecule has 1 aromatic heterocycles. The van der Waals surface area contributed by atoms with E-state index in [2.05, 4.69) is 63.6 Å². The molecule has 2 unspecified atom stereocenters. The minimum Gasteiger partial charge on any atom is -0.307 e. The van der Waals surface area contributed by atoms with E-state index in [9.17, 15) is 0 Å². The van der Waals surface area contributed by atoms with Gasteiger partial charge in [-0.05, 0) is 60.8 Å². The number of nitrogens with zero attached hydrogens (tertiary/aromatic N) is 2. The number of halogens is 1. The maximum absolute atomic E-state index is 4.56. The van der Waals surface area contributed by atoms with Crippen molar-refractivity contribution < 1.29 is 0 Å². The van der Waals surface area contributed by atoms with Crippen molar-refractivity contribution in [1.82, 2.24) is 15.1 Å². The highest BCUT2D eigenvalue weighted by Crippen LogP contribution is 2.47. The number of aryl methyl sites for hydroxylation is 1. The summed E-state index contributed by atoms with van der Waals surface area (Å²) in [5.74, 6) is 1.28. The van der Waals surface area contributed by atoms with E-state index in [1.165, 1.54) is 24.3 Å². The highest BCUT2D eigenvalue weighted by Gasteiger charge is 2.40. The van der Waals surface area contributed by atoms with Crippen LogP contribution in [0.15, 0.2) is 10.7 Å². The number of thioether (sulfide) groups is 1. The van der Waals surface area contributed by atoms with Crippen LogP contribution in [0.25, 0.3) is 0 Å². The summed E-state index contributed by atoms with van der Waals surface area (Å²) in [5.41, 5.74) is 1.33. The zero-order chi connectivity index (χ0) is 14.6. The van der Waals surface area contributed by atoms with Gasteiger partial charge in [0.05, 0.1) is 22.4 Å². The minimum absolute atomic E-state index is 0.281. The molecular formula is C15H26BrN3S. The summed E-state index contributed by atoms with van der Waals surface area (Å²) in [4.78, 5) is 0. The first-order valence-corrected chi connectivity index (χ1v) is 9.48. The Morgan fingerprint density at radius 3 is 2.90 bits per heavy atom. The van der Waals surface area contributed by atoms with Crippen LogP contribution in [0.1, 0.15) is 58.2 Å². The molecule has 0 spiro atoms. The first-order chi connectivity index (χ1) is 9.62. The van der Waals surface area contributed by atoms with Gasteiger partial charge in [-0.2, -0.15) is 16.9 Å². The molecule has 114 valence electrons. The van der Waals surface area contributed by atoms with Gasteiger partial charge in [-0.25, -0.2) is 0 Å². The van der Waals surface area contributed by atoms with Gasteiger partial charge in [0, 0.05) is 11.3 Å². The topological polar surface area (TPSA) is 29.9 Å². The molecule has 1 saturated heterocycles. The highest BCUT2D eigenvalue weighted by molar-refractivity contribution is 9.10. The van der Waals surface area contributed by atoms with Crippen molar-refractivity contribution in [2.45, 2.75) is 63.8 Å². The number of aromatic nitrogens is 2. The Hall–Kier alpha value is -0.000000000000000111. The van der Waals surface area contributed by atoms with Gasteiger partial charge in [-0.1, -0.05) is 13.8 Å². The standard InChI is InChI=1S/C15H26BrN3S/c1-4-8-17-14(15(3)7-6-10-20-15)13-12(16)11-18-19(13)9-5-2/h11,14,17H,4-10H2,1-3H3. The van der Waals surface area contributed by atoms with Crippen molar-refractivity contribution in [3.8, 4) is 0 Å². The number of nitrogens with one attached hydrogen (secondary N) is 1. The van der Waals surface area contributed by atoms with Crippen LogP contribution in [0.3, 0.4) is 0 Å². The van der Waals surface area contributed by atoms with Crippen LogP contribution in [0.5, 0.6) is 0 Å². The zero-order valence-corrected chi connectivity index (χ0v) is 15.2. The summed E-state index contributed by atoms with van der Waals surface area (Å²) in [5, 5.41) is 8.34. The van der Waals surface area contributed by atoms with Gasteiger partial charge in [0.2, 0.25) is 0 Å². The fourth-order valence-corrected chi connectivity index (χ4v) is 4.90. The molecule has 3 nitrogen and oxygen atoms in total. The lowest BCUT2D eigenvalue weighted by atomic mass is 9.93. The number of hydrogen-bond donors (Lipinski definition) is 1. The Morgan fingerprint density at radius 2 is 2.30 bits per heavy atom. The van der Waals surface area contributed by atoms with E-state index in [4.69, 9.17) is 0 Å². The van der Waals surface area contributed by atoms with Gasteiger partial charge in [0.25, 0.3) is 0 Å². The van der Waals surface area contributed by atoms with Crippen LogP contribution in [0.4, 0.5) is 0 Å². The molecule has 0 bridgehead atoms. The molecule has 1 aromatic rings. The Balaban J connectivity index is 2.32. The quantitative estimate of drug-likeness (QED) is 0.783. The maximum Gasteiger partial charge on any atom is 0.0709 e. The van der Waals surface area contributed by atoms with Crippen molar-refractivity contribution in [3.63, 3.8) is 0 Å². The third-order valence-corrected chi connectivity index (χ3v) is 6.20. The predicted octanol–water partition coefficient (Wildman–Crippen LogP) is 4.38. The first-order valence-electron chi connectivity index (χ1n) is 7.71. The second kappa shape index (κ2) is 7.32. The average molecular weight is 360 g/mol. The van der Waals surface area contributed by atoms with E-state index < -0.39 is 0 Å². The van der Waals surface area contributed by atoms with E-state index in [0.717, 1.165) is 30.4 Å². The van der Waals surface area contributed by atoms with Crippen LogP contribution in [0.2, 0.25) is 0 Å². The zero-order valence-electron chi connectivity index (χ0n) is 12.8. The van der Waals surface area contributed by atoms with E-state index >= 15 is 0 Å². The third-order valence-electron chi connectivity index (χ3n) is 4.00. The van der Waals surface area contributed by atoms with Gasteiger partial charge >= 0.3 is 0 Å². The average Bonchev–Trinajstić information content (AvgIpc) is 3.00. The largest absolute Gasteiger partial charge is 0.307 e. The lowest BCUT2D eigenvalue weighted by Gasteiger charge is -2.35. The van der Waals surface area contributed by atoms with Crippen molar-refractivity contribution >= 4 is 27.7 Å². The predicted molar refractivity (Wildman–Crippen MR) is 91.3 cm³/mol. The highest BCUT2D eigenvalue weighted by atomic mass is 79.9. The van der Waals surface area contributed by atoms with Gasteiger partial charge < -0.3 is 5.32 Å². The molecule has 0 aliphatic carbocycles. The summed E-state index contributed by atoms with van der Waals surface area (Å²) in [7, 11) is 0. The fraction of sp³-hybridized carbons (Fsp3) is 0.800. The van der Waals surface area contributed by atoms with Gasteiger partial charge in [0.1, 0.15) is 0 Å². The van der Waals surface area contributed by atoms with Gasteiger partial charge in [-0.15, -0.1) is 0 Å². The molecule has 0 aromatic carbocycles. The Bertz CT molecular complexity index is 427. The summed E-state index contributed by atoms with van der Waals surface area (Å²) >= 11 is 5.83. The second-order valence-corrected chi connectivity index (χ2v) is 8.24. The van der Waals surface area contributed by atoms with Crippen LogP contribution in [0, 0.1) is 0 Å². The molecule has 0 saturated carbocycles. The summed E-state index contributed by atoms with van der Waals surface area (Å²) in [6, 6.07) is 0.373. The van der Waals surface area contributed by atoms with Crippen LogP contribution in [-0.4, -0.2) is 26.8 Å². The molecular weight excluding hydrogens is 334 g/mol. The number of rotatable bonds is 7. The summed E-state index contributed by atoms with van der Waals surface area (Å²) < 4.78 is 3.61. The molecule has 20 heavy (non-hydrogen) atoms. The summed E-state index contributed by atoms with van der Waals surface area (Å²) in [6.45, 7) is 8.90. The van der Waals surface area contributed by atoms with Crippen molar-refractivity contribution in [2.24, 2.45) is 0 Å². The molecule has 1 aliphatic rings. The van der Waals surface area contributed by atoms with Crippen molar-refractivity contribution in [1.29, 1.82) is 0 Å². The minimum atomic E-state index is 0.281. The van der Waals surface area contributed by atoms with E-state index in [-0.39, 0.29) is 4.75 Å². The lowest BCUT2D eigenvalue weighted by molar-refractivity contribution is 0.382. The smallest absolute Gasteiger partial charge is 0.0709 e. The molecule has 2 heterocycles. The van der Waals surface area contributed by atoms with Crippen molar-refractivity contribution in [3.05, 3.63) is 16.4 Å². The van der Waals surface area contributed by atoms with Crippen LogP contribution in [-0.2, 0) is 6.54 Å².